The second-order valence-electron chi connectivity index (χ2n) is 9.35. The van der Waals surface area contributed by atoms with Crippen LogP contribution in [0.25, 0.3) is 11.4 Å². The Morgan fingerprint density at radius 2 is 1.80 bits per heavy atom. The predicted octanol–water partition coefficient (Wildman–Crippen LogP) is 4.54. The number of aryl methyl sites for hydroxylation is 3. The molecule has 0 spiro atoms. The van der Waals surface area contributed by atoms with Gasteiger partial charge in [-0.2, -0.15) is 0 Å². The Morgan fingerprint density at radius 3 is 2.46 bits per heavy atom. The standard InChI is InChI=1S/C29H28N4O7S/c1-7-40-28(37)25-15(3)30-29(41-25)33-22(17-10-11-18(38-5)19(13-17)39-6)20(24(35)27(33)36)23(34)21-16(4)32-12-8-9-14(2)26(32)31-21/h8-13,22,34H,7H2,1-6H3/b23-20+. The minimum absolute atomic E-state index is 0.106. The second-order valence-corrected chi connectivity index (χ2v) is 10.3. The maximum absolute atomic E-state index is 13.7. The van der Waals surface area contributed by atoms with Gasteiger partial charge in [-0.15, -0.1) is 0 Å². The lowest BCUT2D eigenvalue weighted by Crippen LogP contribution is -2.29. The summed E-state index contributed by atoms with van der Waals surface area (Å²) in [4.78, 5) is 50.3. The van der Waals surface area contributed by atoms with E-state index in [0.29, 0.717) is 34.1 Å². The Hall–Kier alpha value is -4.71. The van der Waals surface area contributed by atoms with E-state index in [2.05, 4.69) is 9.97 Å². The van der Waals surface area contributed by atoms with Crippen LogP contribution in [-0.2, 0) is 14.3 Å². The number of methoxy groups -OCH3 is 2. The summed E-state index contributed by atoms with van der Waals surface area (Å²) in [6.07, 6.45) is 1.81. The average Bonchev–Trinajstić information content (AvgIpc) is 3.60. The van der Waals surface area contributed by atoms with E-state index in [1.165, 1.54) is 19.1 Å². The number of aliphatic hydroxyl groups excluding tert-OH is 1. The van der Waals surface area contributed by atoms with Gasteiger partial charge < -0.3 is 23.7 Å². The normalized spacial score (nSPS) is 16.4. The van der Waals surface area contributed by atoms with Gasteiger partial charge in [0.25, 0.3) is 5.78 Å². The van der Waals surface area contributed by atoms with Gasteiger partial charge in [-0.25, -0.2) is 14.8 Å². The van der Waals surface area contributed by atoms with Crippen molar-refractivity contribution in [2.24, 2.45) is 0 Å². The van der Waals surface area contributed by atoms with Crippen LogP contribution in [0.5, 0.6) is 11.5 Å². The van der Waals surface area contributed by atoms with Crippen LogP contribution in [-0.4, -0.2) is 58.0 Å². The molecule has 0 aliphatic carbocycles. The molecular formula is C29H28N4O7S. The molecule has 1 atom stereocenters. The number of hydrogen-bond acceptors (Lipinski definition) is 10. The maximum Gasteiger partial charge on any atom is 0.350 e. The molecule has 0 saturated carbocycles. The summed E-state index contributed by atoms with van der Waals surface area (Å²) < 4.78 is 17.8. The van der Waals surface area contributed by atoms with Crippen LogP contribution in [0.3, 0.4) is 0 Å². The molecule has 1 unspecified atom stereocenters. The lowest BCUT2D eigenvalue weighted by atomic mass is 9.96. The number of imidazole rings is 1. The van der Waals surface area contributed by atoms with E-state index >= 15 is 0 Å². The van der Waals surface area contributed by atoms with Crippen molar-refractivity contribution in [2.75, 3.05) is 25.7 Å². The molecule has 5 rings (SSSR count). The molecule has 3 aromatic heterocycles. The van der Waals surface area contributed by atoms with Crippen LogP contribution in [0.4, 0.5) is 5.13 Å². The third kappa shape index (κ3) is 4.49. The maximum atomic E-state index is 13.7. The van der Waals surface area contributed by atoms with Crippen molar-refractivity contribution < 1.29 is 33.7 Å². The number of carbonyl (C=O) groups is 3. The van der Waals surface area contributed by atoms with Crippen molar-refractivity contribution in [2.45, 2.75) is 33.7 Å². The highest BCUT2D eigenvalue weighted by Crippen LogP contribution is 2.45. The van der Waals surface area contributed by atoms with Crippen molar-refractivity contribution in [1.82, 2.24) is 14.4 Å². The number of hydrogen-bond donors (Lipinski definition) is 1. The van der Waals surface area contributed by atoms with Gasteiger partial charge in [0.15, 0.2) is 22.4 Å². The average molecular weight is 577 g/mol. The third-order valence-corrected chi connectivity index (χ3v) is 8.07. The van der Waals surface area contributed by atoms with E-state index in [-0.39, 0.29) is 27.9 Å². The van der Waals surface area contributed by atoms with Crippen LogP contribution >= 0.6 is 11.3 Å². The summed E-state index contributed by atoms with van der Waals surface area (Å²) in [5.74, 6) is -2.03. The number of esters is 1. The summed E-state index contributed by atoms with van der Waals surface area (Å²) in [6, 6.07) is 7.58. The first-order valence-electron chi connectivity index (χ1n) is 12.7. The monoisotopic (exact) mass is 576 g/mol. The second kappa shape index (κ2) is 10.7. The zero-order valence-corrected chi connectivity index (χ0v) is 24.2. The van der Waals surface area contributed by atoms with E-state index in [0.717, 1.165) is 16.9 Å². The highest BCUT2D eigenvalue weighted by Gasteiger charge is 2.49. The number of ketones is 1. The highest BCUT2D eigenvalue weighted by molar-refractivity contribution is 7.17. The Labute approximate surface area is 239 Å². The van der Waals surface area contributed by atoms with Gasteiger partial charge in [-0.3, -0.25) is 14.5 Å². The van der Waals surface area contributed by atoms with Gasteiger partial charge in [-0.05, 0) is 57.0 Å². The number of fused-ring (bicyclic) bond motifs is 1. The van der Waals surface area contributed by atoms with Gasteiger partial charge in [0, 0.05) is 6.20 Å². The summed E-state index contributed by atoms with van der Waals surface area (Å²) in [5.41, 5.74) is 2.87. The van der Waals surface area contributed by atoms with Gasteiger partial charge in [-0.1, -0.05) is 23.5 Å². The number of amides is 1. The molecule has 212 valence electrons. The summed E-state index contributed by atoms with van der Waals surface area (Å²) in [7, 11) is 2.96. The first-order chi connectivity index (χ1) is 19.6. The molecule has 0 radical (unpaired) electrons. The topological polar surface area (TPSA) is 133 Å². The van der Waals surface area contributed by atoms with Crippen LogP contribution in [0.15, 0.2) is 42.1 Å². The van der Waals surface area contributed by atoms with Crippen molar-refractivity contribution in [3.63, 3.8) is 0 Å². The molecule has 11 nitrogen and oxygen atoms in total. The van der Waals surface area contributed by atoms with Crippen LogP contribution in [0.1, 0.15) is 50.8 Å². The van der Waals surface area contributed by atoms with E-state index < -0.39 is 29.5 Å². The van der Waals surface area contributed by atoms with Crippen LogP contribution in [0, 0.1) is 20.8 Å². The predicted molar refractivity (Wildman–Crippen MR) is 152 cm³/mol. The van der Waals surface area contributed by atoms with E-state index in [9.17, 15) is 19.5 Å². The quantitative estimate of drug-likeness (QED) is 0.146. The minimum atomic E-state index is -1.11. The van der Waals surface area contributed by atoms with Crippen molar-refractivity contribution in [1.29, 1.82) is 0 Å². The molecule has 1 aliphatic heterocycles. The molecule has 1 saturated heterocycles. The molecule has 1 fully saturated rings. The molecule has 41 heavy (non-hydrogen) atoms. The van der Waals surface area contributed by atoms with Crippen LogP contribution in [0.2, 0.25) is 0 Å². The van der Waals surface area contributed by atoms with Crippen LogP contribution < -0.4 is 14.4 Å². The fourth-order valence-electron chi connectivity index (χ4n) is 4.91. The van der Waals surface area contributed by atoms with E-state index in [1.54, 1.807) is 45.2 Å². The molecule has 4 aromatic rings. The number of anilines is 1. The lowest BCUT2D eigenvalue weighted by Gasteiger charge is -2.23. The number of ether oxygens (including phenoxy) is 3. The van der Waals surface area contributed by atoms with Crippen molar-refractivity contribution in [3.8, 4) is 11.5 Å². The molecule has 1 amide bonds. The Morgan fingerprint density at radius 1 is 1.07 bits per heavy atom. The summed E-state index contributed by atoms with van der Waals surface area (Å²) in [6.45, 7) is 7.13. The Kier molecular flexibility index (Phi) is 7.26. The zero-order valence-electron chi connectivity index (χ0n) is 23.3. The fraction of sp³-hybridized carbons (Fsp3) is 0.276. The zero-order chi connectivity index (χ0) is 29.6. The number of nitrogens with zero attached hydrogens (tertiary/aromatic N) is 4. The molecule has 4 heterocycles. The SMILES string of the molecule is CCOC(=O)c1sc(N2C(=O)C(=O)/C(=C(/O)c3nc4c(C)cccn4c3C)C2c2ccc(OC)c(OC)c2)nc1C. The summed E-state index contributed by atoms with van der Waals surface area (Å²) >= 11 is 0.932. The number of benzene rings is 1. The third-order valence-electron chi connectivity index (χ3n) is 6.93. The Balaban J connectivity index is 1.76. The number of aromatic nitrogens is 3. The number of thiazole rings is 1. The summed E-state index contributed by atoms with van der Waals surface area (Å²) in [5, 5.41) is 11.8. The van der Waals surface area contributed by atoms with Gasteiger partial charge in [0.2, 0.25) is 0 Å². The molecule has 0 bridgehead atoms. The molecule has 1 N–H and O–H groups in total. The number of pyridine rings is 1. The molecular weight excluding hydrogens is 548 g/mol. The van der Waals surface area contributed by atoms with Gasteiger partial charge in [0.1, 0.15) is 16.2 Å². The Bertz CT molecular complexity index is 1750. The number of Topliss-reactive ketones (excluding diaryl/α,β-unsaturated/α-hetero) is 1. The number of rotatable bonds is 7. The first kappa shape index (κ1) is 27.8. The van der Waals surface area contributed by atoms with Gasteiger partial charge in [0.05, 0.1) is 43.8 Å². The van der Waals surface area contributed by atoms with E-state index in [4.69, 9.17) is 14.2 Å². The largest absolute Gasteiger partial charge is 0.505 e. The molecule has 1 aromatic carbocycles. The fourth-order valence-corrected chi connectivity index (χ4v) is 5.90. The highest BCUT2D eigenvalue weighted by atomic mass is 32.1. The van der Waals surface area contributed by atoms with Gasteiger partial charge >= 0.3 is 11.9 Å². The lowest BCUT2D eigenvalue weighted by molar-refractivity contribution is -0.132. The number of carbonyl (C=O) groups excluding carboxylic acids is 3. The van der Waals surface area contributed by atoms with Crippen molar-refractivity contribution >= 4 is 45.5 Å². The molecule has 12 heteroatoms. The minimum Gasteiger partial charge on any atom is -0.505 e. The molecule has 1 aliphatic rings. The number of aliphatic hydroxyl groups is 1. The first-order valence-corrected chi connectivity index (χ1v) is 13.6. The van der Waals surface area contributed by atoms with Crippen molar-refractivity contribution in [3.05, 3.63) is 75.2 Å². The smallest absolute Gasteiger partial charge is 0.350 e. The van der Waals surface area contributed by atoms with E-state index in [1.807, 2.05) is 23.5 Å².